The van der Waals surface area contributed by atoms with Crippen molar-refractivity contribution in [1.29, 1.82) is 0 Å². The van der Waals surface area contributed by atoms with E-state index in [0.29, 0.717) is 0 Å². The van der Waals surface area contributed by atoms with E-state index in [2.05, 4.69) is 10.1 Å². The van der Waals surface area contributed by atoms with Crippen molar-refractivity contribution in [2.24, 2.45) is 0 Å². The minimum atomic E-state index is -1.05. The van der Waals surface area contributed by atoms with Crippen molar-refractivity contribution in [3.8, 4) is 28.6 Å². The highest BCUT2D eigenvalue weighted by molar-refractivity contribution is 5.60. The van der Waals surface area contributed by atoms with Crippen LogP contribution in [-0.2, 0) is 0 Å². The quantitative estimate of drug-likeness (QED) is 0.785. The van der Waals surface area contributed by atoms with E-state index in [4.69, 9.17) is 9.63 Å². The molecule has 0 fully saturated rings. The topological polar surface area (TPSA) is 59.2 Å². The Morgan fingerprint density at radius 1 is 0.905 bits per heavy atom. The summed E-state index contributed by atoms with van der Waals surface area (Å²) >= 11 is 0. The first kappa shape index (κ1) is 13.2. The van der Waals surface area contributed by atoms with Crippen LogP contribution in [0, 0.1) is 17.5 Å². The van der Waals surface area contributed by atoms with Crippen molar-refractivity contribution < 1.29 is 22.8 Å². The zero-order valence-electron chi connectivity index (χ0n) is 10.3. The van der Waals surface area contributed by atoms with Crippen LogP contribution in [0.25, 0.3) is 22.8 Å². The molecule has 21 heavy (non-hydrogen) atoms. The highest BCUT2D eigenvalue weighted by Gasteiger charge is 2.15. The van der Waals surface area contributed by atoms with Crippen LogP contribution in [0.3, 0.4) is 0 Å². The molecule has 0 aliphatic heterocycles. The van der Waals surface area contributed by atoms with E-state index in [1.165, 1.54) is 18.2 Å². The van der Waals surface area contributed by atoms with E-state index in [-0.39, 0.29) is 28.6 Å². The van der Waals surface area contributed by atoms with Crippen molar-refractivity contribution >= 4 is 0 Å². The zero-order chi connectivity index (χ0) is 15.0. The van der Waals surface area contributed by atoms with E-state index in [1.54, 1.807) is 0 Å². The summed E-state index contributed by atoms with van der Waals surface area (Å²) in [6, 6.07) is 6.56. The van der Waals surface area contributed by atoms with Gasteiger partial charge in [0.25, 0.3) is 5.89 Å². The van der Waals surface area contributed by atoms with Gasteiger partial charge in [-0.15, -0.1) is 0 Å². The molecule has 0 saturated carbocycles. The van der Waals surface area contributed by atoms with Gasteiger partial charge < -0.3 is 9.63 Å². The van der Waals surface area contributed by atoms with Crippen LogP contribution in [-0.4, -0.2) is 15.2 Å². The molecule has 0 saturated heterocycles. The Bertz CT molecular complexity index is 818. The van der Waals surface area contributed by atoms with Gasteiger partial charge >= 0.3 is 0 Å². The summed E-state index contributed by atoms with van der Waals surface area (Å²) in [4.78, 5) is 3.92. The first-order chi connectivity index (χ1) is 10.0. The molecule has 0 aliphatic rings. The van der Waals surface area contributed by atoms with Gasteiger partial charge in [0.1, 0.15) is 11.6 Å². The lowest BCUT2D eigenvalue weighted by molar-refractivity contribution is 0.428. The molecular formula is C14H7F3N2O2. The molecule has 0 aliphatic carbocycles. The van der Waals surface area contributed by atoms with Crippen LogP contribution in [0.2, 0.25) is 0 Å². The van der Waals surface area contributed by atoms with Crippen LogP contribution in [0.1, 0.15) is 0 Å². The number of hydrogen-bond donors (Lipinski definition) is 1. The lowest BCUT2D eigenvalue weighted by atomic mass is 10.2. The average molecular weight is 292 g/mol. The van der Waals surface area contributed by atoms with Crippen LogP contribution in [0.4, 0.5) is 13.2 Å². The molecule has 0 spiro atoms. The van der Waals surface area contributed by atoms with Crippen LogP contribution in [0.15, 0.2) is 40.9 Å². The molecule has 0 amide bonds. The molecule has 4 nitrogen and oxygen atoms in total. The first-order valence-corrected chi connectivity index (χ1v) is 5.82. The maximum absolute atomic E-state index is 13.7. The number of hydrogen-bond acceptors (Lipinski definition) is 4. The van der Waals surface area contributed by atoms with Crippen LogP contribution >= 0.6 is 0 Å². The van der Waals surface area contributed by atoms with Crippen LogP contribution in [0.5, 0.6) is 5.75 Å². The molecular weight excluding hydrogens is 285 g/mol. The molecule has 0 radical (unpaired) electrons. The van der Waals surface area contributed by atoms with Crippen molar-refractivity contribution in [1.82, 2.24) is 10.1 Å². The fourth-order valence-corrected chi connectivity index (χ4v) is 1.76. The minimum absolute atomic E-state index is 0.00336. The maximum Gasteiger partial charge on any atom is 0.261 e. The fourth-order valence-electron chi connectivity index (χ4n) is 1.76. The van der Waals surface area contributed by atoms with E-state index in [1.807, 2.05) is 0 Å². The molecule has 1 aromatic heterocycles. The number of aromatic nitrogens is 2. The number of phenolic OH excluding ortho intramolecular Hbond substituents is 1. The second-order valence-electron chi connectivity index (χ2n) is 4.22. The molecule has 3 aromatic rings. The van der Waals surface area contributed by atoms with Crippen molar-refractivity contribution in [3.05, 3.63) is 53.8 Å². The third-order valence-corrected chi connectivity index (χ3v) is 2.79. The Kier molecular flexibility index (Phi) is 3.09. The standard InChI is InChI=1S/C14H7F3N2O2/c15-10-4-1-7(5-12(10)17)13-18-14(21-19-13)9-3-2-8(20)6-11(9)16/h1-6,20H. The Hall–Kier alpha value is -2.83. The van der Waals surface area contributed by atoms with Gasteiger partial charge in [0.15, 0.2) is 11.6 Å². The SMILES string of the molecule is Oc1ccc(-c2nc(-c3ccc(F)c(F)c3)no2)c(F)c1. The van der Waals surface area contributed by atoms with Gasteiger partial charge in [-0.1, -0.05) is 5.16 Å². The van der Waals surface area contributed by atoms with Gasteiger partial charge in [0, 0.05) is 11.6 Å². The minimum Gasteiger partial charge on any atom is -0.508 e. The van der Waals surface area contributed by atoms with Crippen LogP contribution < -0.4 is 0 Å². The number of nitrogens with zero attached hydrogens (tertiary/aromatic N) is 2. The smallest absolute Gasteiger partial charge is 0.261 e. The Morgan fingerprint density at radius 3 is 2.43 bits per heavy atom. The molecule has 106 valence electrons. The van der Waals surface area contributed by atoms with Gasteiger partial charge in [-0.3, -0.25) is 0 Å². The van der Waals surface area contributed by atoms with E-state index in [9.17, 15) is 13.2 Å². The number of aromatic hydroxyl groups is 1. The van der Waals surface area contributed by atoms with E-state index in [0.717, 1.165) is 18.2 Å². The molecule has 2 aromatic carbocycles. The average Bonchev–Trinajstić information content (AvgIpc) is 2.91. The second-order valence-corrected chi connectivity index (χ2v) is 4.22. The molecule has 7 heteroatoms. The molecule has 1 heterocycles. The first-order valence-electron chi connectivity index (χ1n) is 5.82. The predicted molar refractivity (Wildman–Crippen MR) is 66.7 cm³/mol. The number of halogens is 3. The predicted octanol–water partition coefficient (Wildman–Crippen LogP) is 3.53. The lowest BCUT2D eigenvalue weighted by Gasteiger charge is -1.97. The Labute approximate surface area is 116 Å². The molecule has 3 rings (SSSR count). The zero-order valence-corrected chi connectivity index (χ0v) is 10.3. The summed E-state index contributed by atoms with van der Waals surface area (Å²) < 4.78 is 44.6. The summed E-state index contributed by atoms with van der Waals surface area (Å²) in [5.74, 6) is -3.16. The third-order valence-electron chi connectivity index (χ3n) is 2.79. The molecule has 0 unspecified atom stereocenters. The van der Waals surface area contributed by atoms with E-state index >= 15 is 0 Å². The summed E-state index contributed by atoms with van der Waals surface area (Å²) in [7, 11) is 0. The van der Waals surface area contributed by atoms with Crippen molar-refractivity contribution in [3.63, 3.8) is 0 Å². The van der Waals surface area contributed by atoms with Gasteiger partial charge in [-0.05, 0) is 30.3 Å². The highest BCUT2D eigenvalue weighted by Crippen LogP contribution is 2.27. The van der Waals surface area contributed by atoms with Crippen molar-refractivity contribution in [2.75, 3.05) is 0 Å². The Balaban J connectivity index is 2.01. The Morgan fingerprint density at radius 2 is 1.71 bits per heavy atom. The lowest BCUT2D eigenvalue weighted by Crippen LogP contribution is -1.87. The van der Waals surface area contributed by atoms with Gasteiger partial charge in [0.05, 0.1) is 5.56 Å². The molecule has 0 atom stereocenters. The second kappa shape index (κ2) is 4.93. The number of benzene rings is 2. The molecule has 1 N–H and O–H groups in total. The van der Waals surface area contributed by atoms with Gasteiger partial charge in [-0.2, -0.15) is 4.98 Å². The fraction of sp³-hybridized carbons (Fsp3) is 0. The van der Waals surface area contributed by atoms with E-state index < -0.39 is 17.5 Å². The summed E-state index contributed by atoms with van der Waals surface area (Å²) in [5, 5.41) is 12.7. The maximum atomic E-state index is 13.7. The highest BCUT2D eigenvalue weighted by atomic mass is 19.2. The summed E-state index contributed by atoms with van der Waals surface area (Å²) in [6.07, 6.45) is 0. The normalized spacial score (nSPS) is 10.8. The summed E-state index contributed by atoms with van der Waals surface area (Å²) in [6.45, 7) is 0. The molecule has 0 bridgehead atoms. The largest absolute Gasteiger partial charge is 0.508 e. The monoisotopic (exact) mass is 292 g/mol. The van der Waals surface area contributed by atoms with Gasteiger partial charge in [-0.25, -0.2) is 13.2 Å². The van der Waals surface area contributed by atoms with Crippen molar-refractivity contribution in [2.45, 2.75) is 0 Å². The summed E-state index contributed by atoms with van der Waals surface area (Å²) in [5.41, 5.74) is 0.192. The third kappa shape index (κ3) is 2.45. The number of rotatable bonds is 2. The number of phenols is 1. The van der Waals surface area contributed by atoms with Gasteiger partial charge in [0.2, 0.25) is 5.82 Å².